The third-order valence-electron chi connectivity index (χ3n) is 4.18. The largest absolute Gasteiger partial charge is 0.508 e. The maximum absolute atomic E-state index is 12.8. The Labute approximate surface area is 115 Å². The van der Waals surface area contributed by atoms with Gasteiger partial charge in [-0.3, -0.25) is 4.79 Å². The molecular formula is C16H23NO2. The van der Waals surface area contributed by atoms with Gasteiger partial charge in [-0.15, -0.1) is 0 Å². The first-order valence-electron chi connectivity index (χ1n) is 7.15. The molecular weight excluding hydrogens is 238 g/mol. The molecule has 104 valence electrons. The van der Waals surface area contributed by atoms with E-state index in [-0.39, 0.29) is 11.7 Å². The zero-order chi connectivity index (χ0) is 13.9. The molecule has 1 N–H and O–H groups in total. The summed E-state index contributed by atoms with van der Waals surface area (Å²) in [6.07, 6.45) is 4.82. The van der Waals surface area contributed by atoms with Gasteiger partial charge in [-0.2, -0.15) is 0 Å². The topological polar surface area (TPSA) is 40.5 Å². The van der Waals surface area contributed by atoms with Crippen LogP contribution in [-0.2, 0) is 10.2 Å². The van der Waals surface area contributed by atoms with Crippen molar-refractivity contribution >= 4 is 5.91 Å². The second-order valence-corrected chi connectivity index (χ2v) is 5.57. The molecule has 0 radical (unpaired) electrons. The first-order valence-corrected chi connectivity index (χ1v) is 7.15. The Morgan fingerprint density at radius 1 is 1.37 bits per heavy atom. The molecule has 1 aromatic rings. The average molecular weight is 261 g/mol. The second-order valence-electron chi connectivity index (χ2n) is 5.57. The van der Waals surface area contributed by atoms with E-state index in [1.54, 1.807) is 12.1 Å². The van der Waals surface area contributed by atoms with Crippen LogP contribution in [-0.4, -0.2) is 29.5 Å². The lowest BCUT2D eigenvalue weighted by molar-refractivity contribution is -0.135. The van der Waals surface area contributed by atoms with E-state index in [2.05, 4.69) is 6.92 Å². The van der Waals surface area contributed by atoms with Gasteiger partial charge in [0.05, 0.1) is 5.41 Å². The van der Waals surface area contributed by atoms with Crippen LogP contribution in [0.15, 0.2) is 24.3 Å². The summed E-state index contributed by atoms with van der Waals surface area (Å²) in [5.41, 5.74) is 0.520. The number of nitrogens with zero attached hydrogens (tertiary/aromatic N) is 1. The maximum atomic E-state index is 12.8. The summed E-state index contributed by atoms with van der Waals surface area (Å²) in [5.74, 6) is 0.449. The van der Waals surface area contributed by atoms with Gasteiger partial charge in [0.25, 0.3) is 0 Å². The molecule has 3 heteroatoms. The van der Waals surface area contributed by atoms with Gasteiger partial charge in [-0.25, -0.2) is 0 Å². The number of benzene rings is 1. The minimum absolute atomic E-state index is 0.206. The highest BCUT2D eigenvalue weighted by Crippen LogP contribution is 2.39. The Kier molecular flexibility index (Phi) is 4.13. The normalized spacial score (nSPS) is 24.3. The predicted octanol–water partition coefficient (Wildman–Crippen LogP) is 3.07. The van der Waals surface area contributed by atoms with Crippen LogP contribution in [0.3, 0.4) is 0 Å². The van der Waals surface area contributed by atoms with Crippen molar-refractivity contribution in [1.29, 1.82) is 0 Å². The highest BCUT2D eigenvalue weighted by molar-refractivity contribution is 5.88. The van der Waals surface area contributed by atoms with Crippen molar-refractivity contribution in [3.63, 3.8) is 0 Å². The van der Waals surface area contributed by atoms with Crippen molar-refractivity contribution in [1.82, 2.24) is 4.90 Å². The van der Waals surface area contributed by atoms with Gasteiger partial charge in [0.2, 0.25) is 5.91 Å². The lowest BCUT2D eigenvalue weighted by atomic mass is 9.72. The standard InChI is InChI=1S/C16H23NO2/c1-3-9-16(13-7-6-8-14(18)12-13)10-4-5-11-17(2)15(16)19/h6-8,12,18H,3-5,9-11H2,1-2H3/t16-/m1/s1. The van der Waals surface area contributed by atoms with Crippen molar-refractivity contribution in [3.05, 3.63) is 29.8 Å². The van der Waals surface area contributed by atoms with E-state index in [1.165, 1.54) is 0 Å². The Morgan fingerprint density at radius 3 is 2.84 bits per heavy atom. The second kappa shape index (κ2) is 5.64. The number of phenolic OH excluding ortho intramolecular Hbond substituents is 1. The minimum atomic E-state index is -0.446. The van der Waals surface area contributed by atoms with Crippen LogP contribution in [0.2, 0.25) is 0 Å². The Morgan fingerprint density at radius 2 is 2.16 bits per heavy atom. The lowest BCUT2D eigenvalue weighted by Gasteiger charge is -2.34. The number of rotatable bonds is 3. The molecule has 1 atom stereocenters. The summed E-state index contributed by atoms with van der Waals surface area (Å²) in [4.78, 5) is 14.7. The van der Waals surface area contributed by atoms with Gasteiger partial charge in [0.15, 0.2) is 0 Å². The molecule has 1 aliphatic rings. The Bertz CT molecular complexity index is 458. The monoisotopic (exact) mass is 261 g/mol. The molecule has 0 aromatic heterocycles. The summed E-state index contributed by atoms with van der Waals surface area (Å²) in [7, 11) is 1.89. The summed E-state index contributed by atoms with van der Waals surface area (Å²) in [6, 6.07) is 7.23. The molecule has 1 saturated heterocycles. The number of carbonyl (C=O) groups is 1. The number of likely N-dealkylation sites (tertiary alicyclic amines) is 1. The van der Waals surface area contributed by atoms with Gasteiger partial charge < -0.3 is 10.0 Å². The SMILES string of the molecule is CCC[C@]1(c2cccc(O)c2)CCCCN(C)C1=O. The van der Waals surface area contributed by atoms with E-state index in [9.17, 15) is 9.90 Å². The average Bonchev–Trinajstić information content (AvgIpc) is 2.53. The van der Waals surface area contributed by atoms with Gasteiger partial charge in [-0.1, -0.05) is 31.9 Å². The molecule has 1 heterocycles. The maximum Gasteiger partial charge on any atom is 0.232 e. The number of carbonyl (C=O) groups excluding carboxylic acids is 1. The van der Waals surface area contributed by atoms with Crippen LogP contribution in [0, 0.1) is 0 Å². The fourth-order valence-electron chi connectivity index (χ4n) is 3.22. The van der Waals surface area contributed by atoms with Crippen LogP contribution < -0.4 is 0 Å². The number of amides is 1. The van der Waals surface area contributed by atoms with Crippen molar-refractivity contribution in [2.24, 2.45) is 0 Å². The van der Waals surface area contributed by atoms with Gasteiger partial charge in [-0.05, 0) is 37.0 Å². The summed E-state index contributed by atoms with van der Waals surface area (Å²) < 4.78 is 0. The third-order valence-corrected chi connectivity index (χ3v) is 4.18. The fourth-order valence-corrected chi connectivity index (χ4v) is 3.22. The van der Waals surface area contributed by atoms with E-state index in [1.807, 2.05) is 24.1 Å². The first kappa shape index (κ1) is 13.9. The quantitative estimate of drug-likeness (QED) is 0.908. The zero-order valence-electron chi connectivity index (χ0n) is 11.9. The van der Waals surface area contributed by atoms with Crippen LogP contribution in [0.5, 0.6) is 5.75 Å². The molecule has 0 spiro atoms. The van der Waals surface area contributed by atoms with Gasteiger partial charge >= 0.3 is 0 Å². The smallest absolute Gasteiger partial charge is 0.232 e. The zero-order valence-corrected chi connectivity index (χ0v) is 11.9. The molecule has 3 nitrogen and oxygen atoms in total. The highest BCUT2D eigenvalue weighted by atomic mass is 16.3. The summed E-state index contributed by atoms with van der Waals surface area (Å²) >= 11 is 0. The molecule has 0 unspecified atom stereocenters. The number of aromatic hydroxyl groups is 1. The van der Waals surface area contributed by atoms with Crippen LogP contribution in [0.25, 0.3) is 0 Å². The number of hydrogen-bond donors (Lipinski definition) is 1. The van der Waals surface area contributed by atoms with E-state index in [0.29, 0.717) is 0 Å². The number of hydrogen-bond acceptors (Lipinski definition) is 2. The number of phenols is 1. The fraction of sp³-hybridized carbons (Fsp3) is 0.562. The molecule has 1 amide bonds. The Hall–Kier alpha value is -1.51. The van der Waals surface area contributed by atoms with E-state index < -0.39 is 5.41 Å². The molecule has 2 rings (SSSR count). The molecule has 1 aliphatic heterocycles. The van der Waals surface area contributed by atoms with Gasteiger partial charge in [0, 0.05) is 13.6 Å². The van der Waals surface area contributed by atoms with E-state index in [4.69, 9.17) is 0 Å². The molecule has 1 aromatic carbocycles. The molecule has 0 saturated carbocycles. The van der Waals surface area contributed by atoms with Crippen LogP contribution in [0.1, 0.15) is 44.6 Å². The molecule has 19 heavy (non-hydrogen) atoms. The number of likely N-dealkylation sites (N-methyl/N-ethyl adjacent to an activating group) is 1. The predicted molar refractivity (Wildman–Crippen MR) is 76.2 cm³/mol. The van der Waals surface area contributed by atoms with Crippen molar-refractivity contribution in [2.75, 3.05) is 13.6 Å². The minimum Gasteiger partial charge on any atom is -0.508 e. The lowest BCUT2D eigenvalue weighted by Crippen LogP contribution is -2.43. The van der Waals surface area contributed by atoms with Crippen LogP contribution in [0.4, 0.5) is 0 Å². The molecule has 0 aliphatic carbocycles. The van der Waals surface area contributed by atoms with Crippen molar-refractivity contribution < 1.29 is 9.90 Å². The van der Waals surface area contributed by atoms with E-state index in [0.717, 1.165) is 44.2 Å². The highest BCUT2D eigenvalue weighted by Gasteiger charge is 2.42. The Balaban J connectivity index is 2.48. The third kappa shape index (κ3) is 2.60. The van der Waals surface area contributed by atoms with Gasteiger partial charge in [0.1, 0.15) is 5.75 Å². The summed E-state index contributed by atoms with van der Waals surface area (Å²) in [5, 5.41) is 9.72. The van der Waals surface area contributed by atoms with Crippen molar-refractivity contribution in [3.8, 4) is 5.75 Å². The molecule has 1 fully saturated rings. The van der Waals surface area contributed by atoms with Crippen molar-refractivity contribution in [2.45, 2.75) is 44.4 Å². The first-order chi connectivity index (χ1) is 9.10. The summed E-state index contributed by atoms with van der Waals surface area (Å²) in [6.45, 7) is 2.95. The van der Waals surface area contributed by atoms with E-state index >= 15 is 0 Å². The molecule has 0 bridgehead atoms. The van der Waals surface area contributed by atoms with Crippen LogP contribution >= 0.6 is 0 Å².